The summed E-state index contributed by atoms with van der Waals surface area (Å²) in [4.78, 5) is 2.04. The molecule has 1 fully saturated rings. The molecule has 0 amide bonds. The summed E-state index contributed by atoms with van der Waals surface area (Å²) in [5, 5.41) is 0. The van der Waals surface area contributed by atoms with Crippen LogP contribution in [0.25, 0.3) is 0 Å². The van der Waals surface area contributed by atoms with Crippen LogP contribution in [0.5, 0.6) is 0 Å². The molecule has 1 N–H and O–H groups in total. The third-order valence-corrected chi connectivity index (χ3v) is 4.76. The van der Waals surface area contributed by atoms with Gasteiger partial charge in [-0.05, 0) is 51.0 Å². The number of nitrogens with one attached hydrogen (secondary N) is 1. The molecule has 0 bridgehead atoms. The molecule has 1 heterocycles. The van der Waals surface area contributed by atoms with Crippen molar-refractivity contribution in [3.8, 4) is 0 Å². The van der Waals surface area contributed by atoms with Crippen molar-refractivity contribution in [1.82, 2.24) is 9.62 Å². The van der Waals surface area contributed by atoms with Gasteiger partial charge in [0.1, 0.15) is 10.7 Å². The lowest BCUT2D eigenvalue weighted by Gasteiger charge is -2.14. The van der Waals surface area contributed by atoms with Crippen LogP contribution in [0.4, 0.5) is 4.39 Å². The van der Waals surface area contributed by atoms with Gasteiger partial charge in [-0.3, -0.25) is 0 Å². The molecule has 6 heteroatoms. The van der Waals surface area contributed by atoms with E-state index in [4.69, 9.17) is 0 Å². The van der Waals surface area contributed by atoms with Crippen molar-refractivity contribution >= 4 is 10.0 Å². The van der Waals surface area contributed by atoms with Crippen LogP contribution in [0.15, 0.2) is 29.2 Å². The monoisotopic (exact) mass is 286 g/mol. The van der Waals surface area contributed by atoms with Gasteiger partial charge in [-0.15, -0.1) is 0 Å². The van der Waals surface area contributed by atoms with E-state index in [1.807, 2.05) is 0 Å². The molecule has 0 unspecified atom stereocenters. The summed E-state index contributed by atoms with van der Waals surface area (Å²) in [6, 6.07) is 5.42. The first-order valence-electron chi connectivity index (χ1n) is 6.56. The Bertz CT molecular complexity index is 513. The van der Waals surface area contributed by atoms with Crippen LogP contribution in [0.2, 0.25) is 0 Å². The third kappa shape index (κ3) is 3.99. The molecule has 1 aromatic carbocycles. The Kier molecular flexibility index (Phi) is 4.90. The van der Waals surface area contributed by atoms with Crippen LogP contribution < -0.4 is 4.72 Å². The topological polar surface area (TPSA) is 49.4 Å². The highest BCUT2D eigenvalue weighted by atomic mass is 32.2. The number of likely N-dealkylation sites (tertiary alicyclic amines) is 1. The molecule has 19 heavy (non-hydrogen) atoms. The van der Waals surface area contributed by atoms with Gasteiger partial charge < -0.3 is 4.90 Å². The van der Waals surface area contributed by atoms with Crippen LogP contribution >= 0.6 is 0 Å². The van der Waals surface area contributed by atoms with Crippen molar-refractivity contribution in [2.24, 2.45) is 0 Å². The third-order valence-electron chi connectivity index (χ3n) is 3.27. The minimum absolute atomic E-state index is 0.281. The molecule has 106 valence electrons. The Morgan fingerprint density at radius 3 is 2.58 bits per heavy atom. The zero-order valence-corrected chi connectivity index (χ0v) is 11.6. The maximum atomic E-state index is 13.4. The van der Waals surface area contributed by atoms with Crippen LogP contribution in [0, 0.1) is 5.82 Å². The van der Waals surface area contributed by atoms with E-state index in [1.54, 1.807) is 0 Å². The molecule has 0 saturated carbocycles. The van der Waals surface area contributed by atoms with Crippen LogP contribution in [-0.2, 0) is 10.0 Å². The van der Waals surface area contributed by atoms with Gasteiger partial charge >= 0.3 is 0 Å². The molecule has 1 aromatic rings. The summed E-state index contributed by atoms with van der Waals surface area (Å²) >= 11 is 0. The smallest absolute Gasteiger partial charge is 0.243 e. The summed E-state index contributed by atoms with van der Waals surface area (Å²) in [6.07, 6.45) is 3.19. The molecule has 1 saturated heterocycles. The van der Waals surface area contributed by atoms with Gasteiger partial charge in [-0.2, -0.15) is 0 Å². The molecule has 0 aliphatic carbocycles. The Morgan fingerprint density at radius 2 is 1.89 bits per heavy atom. The van der Waals surface area contributed by atoms with E-state index in [0.29, 0.717) is 6.54 Å². The molecule has 2 rings (SSSR count). The molecule has 1 aliphatic rings. The Hall–Kier alpha value is -0.980. The van der Waals surface area contributed by atoms with E-state index in [-0.39, 0.29) is 4.90 Å². The number of benzene rings is 1. The van der Waals surface area contributed by atoms with Crippen molar-refractivity contribution in [1.29, 1.82) is 0 Å². The summed E-state index contributed by atoms with van der Waals surface area (Å²) in [5.41, 5.74) is 0. The zero-order chi connectivity index (χ0) is 13.7. The van der Waals surface area contributed by atoms with E-state index < -0.39 is 15.8 Å². The Labute approximate surface area is 113 Å². The number of halogens is 1. The van der Waals surface area contributed by atoms with Gasteiger partial charge in [-0.25, -0.2) is 17.5 Å². The van der Waals surface area contributed by atoms with E-state index >= 15 is 0 Å². The number of hydrogen-bond donors (Lipinski definition) is 1. The first kappa shape index (κ1) is 14.4. The number of sulfonamides is 1. The molecule has 0 aromatic heterocycles. The molecule has 0 radical (unpaired) electrons. The highest BCUT2D eigenvalue weighted by molar-refractivity contribution is 7.89. The predicted molar refractivity (Wildman–Crippen MR) is 71.9 cm³/mol. The van der Waals surface area contributed by atoms with Gasteiger partial charge in [0.15, 0.2) is 0 Å². The lowest BCUT2D eigenvalue weighted by atomic mass is 10.4. The van der Waals surface area contributed by atoms with Crippen molar-refractivity contribution in [2.45, 2.75) is 24.2 Å². The molecule has 1 aliphatic heterocycles. The lowest BCUT2D eigenvalue weighted by molar-refractivity contribution is 0.334. The largest absolute Gasteiger partial charge is 0.303 e. The fourth-order valence-corrected chi connectivity index (χ4v) is 3.41. The second-order valence-electron chi connectivity index (χ2n) is 4.73. The van der Waals surface area contributed by atoms with Crippen molar-refractivity contribution in [3.05, 3.63) is 30.1 Å². The quantitative estimate of drug-likeness (QED) is 0.808. The summed E-state index contributed by atoms with van der Waals surface area (Å²) in [5.74, 6) is -0.713. The van der Waals surface area contributed by atoms with Gasteiger partial charge in [-0.1, -0.05) is 12.1 Å². The SMILES string of the molecule is O=S(=O)(NCCCN1CCCC1)c1ccccc1F. The Morgan fingerprint density at radius 1 is 1.21 bits per heavy atom. The number of hydrogen-bond acceptors (Lipinski definition) is 3. The Balaban J connectivity index is 1.82. The molecular formula is C13H19FN2O2S. The average molecular weight is 286 g/mol. The first-order valence-corrected chi connectivity index (χ1v) is 8.04. The second-order valence-corrected chi connectivity index (χ2v) is 6.47. The van der Waals surface area contributed by atoms with Crippen molar-refractivity contribution < 1.29 is 12.8 Å². The molecular weight excluding hydrogens is 267 g/mol. The van der Waals surface area contributed by atoms with E-state index in [0.717, 1.165) is 32.1 Å². The first-order chi connectivity index (χ1) is 9.09. The maximum Gasteiger partial charge on any atom is 0.243 e. The van der Waals surface area contributed by atoms with Gasteiger partial charge in [0.2, 0.25) is 10.0 Å². The van der Waals surface area contributed by atoms with Gasteiger partial charge in [0.25, 0.3) is 0 Å². The fourth-order valence-electron chi connectivity index (χ4n) is 2.26. The van der Waals surface area contributed by atoms with Gasteiger partial charge in [0.05, 0.1) is 0 Å². The minimum Gasteiger partial charge on any atom is -0.303 e. The van der Waals surface area contributed by atoms with Crippen LogP contribution in [0.1, 0.15) is 19.3 Å². The van der Waals surface area contributed by atoms with Gasteiger partial charge in [0, 0.05) is 6.54 Å². The fraction of sp³-hybridized carbons (Fsp3) is 0.538. The second kappa shape index (κ2) is 6.45. The number of nitrogens with zero attached hydrogens (tertiary/aromatic N) is 1. The zero-order valence-electron chi connectivity index (χ0n) is 10.8. The maximum absolute atomic E-state index is 13.4. The van der Waals surface area contributed by atoms with Crippen LogP contribution in [0.3, 0.4) is 0 Å². The van der Waals surface area contributed by atoms with E-state index in [9.17, 15) is 12.8 Å². The molecule has 4 nitrogen and oxygen atoms in total. The highest BCUT2D eigenvalue weighted by Gasteiger charge is 2.18. The summed E-state index contributed by atoms with van der Waals surface area (Å²) < 4.78 is 39.6. The lowest BCUT2D eigenvalue weighted by Crippen LogP contribution is -2.29. The molecule has 0 atom stereocenters. The predicted octanol–water partition coefficient (Wildman–Crippen LogP) is 1.59. The van der Waals surface area contributed by atoms with Crippen molar-refractivity contribution in [3.63, 3.8) is 0 Å². The molecule has 0 spiro atoms. The number of rotatable bonds is 6. The van der Waals surface area contributed by atoms with E-state index in [2.05, 4.69) is 9.62 Å². The standard InChI is InChI=1S/C13H19FN2O2S/c14-12-6-1-2-7-13(12)19(17,18)15-8-5-11-16-9-3-4-10-16/h1-2,6-7,15H,3-5,8-11H2. The highest BCUT2D eigenvalue weighted by Crippen LogP contribution is 2.13. The van der Waals surface area contributed by atoms with Crippen molar-refractivity contribution in [2.75, 3.05) is 26.2 Å². The normalized spacial score (nSPS) is 16.9. The van der Waals surface area contributed by atoms with E-state index in [1.165, 1.54) is 31.0 Å². The minimum atomic E-state index is -3.73. The summed E-state index contributed by atoms with van der Waals surface area (Å²) in [7, 11) is -3.73. The van der Waals surface area contributed by atoms with Crippen LogP contribution in [-0.4, -0.2) is 39.5 Å². The average Bonchev–Trinajstić information content (AvgIpc) is 2.88. The summed E-state index contributed by atoms with van der Waals surface area (Å²) in [6.45, 7) is 3.42.